The van der Waals surface area contributed by atoms with Crippen molar-refractivity contribution in [1.82, 2.24) is 0 Å². The van der Waals surface area contributed by atoms with Crippen LogP contribution < -0.4 is 0 Å². The Morgan fingerprint density at radius 3 is 0.778 bits per heavy atom. The molecule has 456 valence electrons. The van der Waals surface area contributed by atoms with E-state index in [1.807, 2.05) is 0 Å². The maximum absolute atomic E-state index is 12.9. The molecule has 0 N–H and O–H groups in total. The van der Waals surface area contributed by atoms with Crippen LogP contribution in [-0.4, -0.2) is 37.2 Å². The number of unbranched alkanes of at least 4 members (excludes halogenated alkanes) is 21. The van der Waals surface area contributed by atoms with Crippen LogP contribution >= 0.6 is 0 Å². The van der Waals surface area contributed by atoms with Crippen LogP contribution in [0.3, 0.4) is 0 Å². The molecule has 0 fully saturated rings. The molecule has 0 aromatic rings. The minimum Gasteiger partial charge on any atom is -0.462 e. The van der Waals surface area contributed by atoms with Gasteiger partial charge in [0.15, 0.2) is 6.10 Å². The second-order valence-corrected chi connectivity index (χ2v) is 21.3. The Morgan fingerprint density at radius 2 is 0.481 bits per heavy atom. The van der Waals surface area contributed by atoms with Gasteiger partial charge in [-0.05, 0) is 148 Å². The van der Waals surface area contributed by atoms with E-state index in [9.17, 15) is 14.4 Å². The molecule has 0 aliphatic carbocycles. The molecule has 0 aromatic carbocycles. The van der Waals surface area contributed by atoms with Gasteiger partial charge in [0.2, 0.25) is 0 Å². The predicted molar refractivity (Wildman–Crippen MR) is 352 cm³/mol. The minimum absolute atomic E-state index is 0.110. The lowest BCUT2D eigenvalue weighted by molar-refractivity contribution is -0.167. The molecule has 0 heterocycles. The maximum atomic E-state index is 12.9. The van der Waals surface area contributed by atoms with Crippen molar-refractivity contribution in [3.63, 3.8) is 0 Å². The predicted octanol–water partition coefficient (Wildman–Crippen LogP) is 22.9. The van der Waals surface area contributed by atoms with Gasteiger partial charge in [-0.1, -0.05) is 269 Å². The number of rotatable bonds is 58. The van der Waals surface area contributed by atoms with Crippen molar-refractivity contribution >= 4 is 17.9 Å². The van der Waals surface area contributed by atoms with E-state index >= 15 is 0 Å². The van der Waals surface area contributed by atoms with Crippen molar-refractivity contribution in [3.05, 3.63) is 158 Å². The molecule has 6 heteroatoms. The summed E-state index contributed by atoms with van der Waals surface area (Å²) in [5.74, 6) is -0.984. The molecule has 0 amide bonds. The molecule has 1 atom stereocenters. The lowest BCUT2D eigenvalue weighted by Gasteiger charge is -2.18. The standard InChI is InChI=1S/C75H120O6/c1-4-7-10-13-16-19-22-25-28-30-32-34-36-37-39-40-42-44-47-50-53-56-59-62-65-68-74(77)80-71-72(70-79-73(76)67-64-61-58-55-52-49-46-27-24-21-18-15-12-9-6-3)81-75(78)69-66-63-60-57-54-51-48-45-43-41-38-35-33-31-29-26-23-20-17-14-11-8-5-2/h8-9,11-12,17-18,20-22,25-27,29-30,32-33,35-37,41,43,46,48,51-52,55,72H,4-7,10,13-16,19,23-24,28,31,34,38-40,42,44-45,47,49-50,53-54,56-71H2,1-3H3/b11-8-,12-9-,20-17-,21-18-,25-22-,29-26-,32-30-,35-33-,37-36-,43-41-,46-27-,51-48-,55-52-. The fraction of sp³-hybridized carbons (Fsp3) is 0.613. The molecule has 0 spiro atoms. The van der Waals surface area contributed by atoms with Gasteiger partial charge in [-0.2, -0.15) is 0 Å². The fourth-order valence-electron chi connectivity index (χ4n) is 8.62. The van der Waals surface area contributed by atoms with Gasteiger partial charge < -0.3 is 14.2 Å². The number of ether oxygens (including phenoxy) is 3. The molecular formula is C75H120O6. The first kappa shape index (κ1) is 76.0. The average molecular weight is 1120 g/mol. The SMILES string of the molecule is CC/C=C\C/C=C\C/C=C\C/C=C\C/C=C\C/C=C\CCCCCCC(=O)OC(COC(=O)CCCC/C=C\C/C=C\C/C=C\C/C=C\CC)COC(=O)CCCCCCCCCCCC/C=C\C/C=C\C/C=C\CCCCCCC. The lowest BCUT2D eigenvalue weighted by Crippen LogP contribution is -2.30. The highest BCUT2D eigenvalue weighted by Crippen LogP contribution is 2.15. The monoisotopic (exact) mass is 1120 g/mol. The number of carbonyl (C=O) groups excluding carboxylic acids is 3. The van der Waals surface area contributed by atoms with Gasteiger partial charge in [0.05, 0.1) is 0 Å². The largest absolute Gasteiger partial charge is 0.462 e. The van der Waals surface area contributed by atoms with Crippen LogP contribution in [0.25, 0.3) is 0 Å². The molecule has 81 heavy (non-hydrogen) atoms. The summed E-state index contributed by atoms with van der Waals surface area (Å²) in [7, 11) is 0. The van der Waals surface area contributed by atoms with Crippen LogP contribution in [0.1, 0.15) is 278 Å². The van der Waals surface area contributed by atoms with Crippen molar-refractivity contribution in [2.45, 2.75) is 284 Å². The summed E-state index contributed by atoms with van der Waals surface area (Å²) < 4.78 is 16.9. The number of carbonyl (C=O) groups is 3. The number of hydrogen-bond donors (Lipinski definition) is 0. The van der Waals surface area contributed by atoms with Gasteiger partial charge >= 0.3 is 17.9 Å². The Hall–Kier alpha value is -4.97. The quantitative estimate of drug-likeness (QED) is 0.0261. The summed E-state index contributed by atoms with van der Waals surface area (Å²) in [6, 6.07) is 0. The molecule has 0 radical (unpaired) electrons. The molecule has 0 aromatic heterocycles. The summed E-state index contributed by atoms with van der Waals surface area (Å²) in [6.45, 7) is 6.34. The van der Waals surface area contributed by atoms with Gasteiger partial charge in [-0.3, -0.25) is 14.4 Å². The van der Waals surface area contributed by atoms with E-state index in [1.54, 1.807) is 0 Å². The fourth-order valence-corrected chi connectivity index (χ4v) is 8.62. The Morgan fingerprint density at radius 1 is 0.259 bits per heavy atom. The van der Waals surface area contributed by atoms with E-state index in [0.29, 0.717) is 19.3 Å². The summed E-state index contributed by atoms with van der Waals surface area (Å²) >= 11 is 0. The van der Waals surface area contributed by atoms with Gasteiger partial charge in [-0.15, -0.1) is 0 Å². The van der Waals surface area contributed by atoms with E-state index in [0.717, 1.165) is 141 Å². The van der Waals surface area contributed by atoms with Crippen molar-refractivity contribution in [2.24, 2.45) is 0 Å². The van der Waals surface area contributed by atoms with Crippen LogP contribution in [0, 0.1) is 0 Å². The summed E-state index contributed by atoms with van der Waals surface area (Å²) in [5.41, 5.74) is 0. The van der Waals surface area contributed by atoms with Crippen LogP contribution in [0.5, 0.6) is 0 Å². The highest BCUT2D eigenvalue weighted by atomic mass is 16.6. The van der Waals surface area contributed by atoms with Crippen molar-refractivity contribution in [3.8, 4) is 0 Å². The zero-order valence-electron chi connectivity index (χ0n) is 52.2. The topological polar surface area (TPSA) is 78.9 Å². The highest BCUT2D eigenvalue weighted by molar-refractivity contribution is 5.71. The molecule has 0 bridgehead atoms. The summed E-state index contributed by atoms with van der Waals surface area (Å²) in [4.78, 5) is 38.4. The first-order valence-corrected chi connectivity index (χ1v) is 33.0. The molecule has 0 saturated carbocycles. The molecule has 0 aliphatic rings. The van der Waals surface area contributed by atoms with Crippen molar-refractivity contribution in [1.29, 1.82) is 0 Å². The van der Waals surface area contributed by atoms with Gasteiger partial charge in [0.1, 0.15) is 13.2 Å². The molecule has 1 unspecified atom stereocenters. The Kier molecular flexibility index (Phi) is 63.4. The molecule has 0 saturated heterocycles. The van der Waals surface area contributed by atoms with Crippen LogP contribution in [-0.2, 0) is 28.6 Å². The third-order valence-corrected chi connectivity index (χ3v) is 13.5. The normalized spacial score (nSPS) is 13.2. The number of allylic oxidation sites excluding steroid dienone is 26. The first-order chi connectivity index (χ1) is 40.0. The molecule has 0 rings (SSSR count). The molecular weight excluding hydrogens is 997 g/mol. The Balaban J connectivity index is 4.48. The van der Waals surface area contributed by atoms with Crippen LogP contribution in [0.4, 0.5) is 0 Å². The van der Waals surface area contributed by atoms with E-state index < -0.39 is 6.10 Å². The zero-order valence-corrected chi connectivity index (χ0v) is 52.2. The third kappa shape index (κ3) is 65.7. The number of hydrogen-bond acceptors (Lipinski definition) is 6. The third-order valence-electron chi connectivity index (χ3n) is 13.5. The van der Waals surface area contributed by atoms with E-state index in [2.05, 4.69) is 179 Å². The van der Waals surface area contributed by atoms with E-state index in [4.69, 9.17) is 14.2 Å². The molecule has 6 nitrogen and oxygen atoms in total. The van der Waals surface area contributed by atoms with Gasteiger partial charge in [0, 0.05) is 19.3 Å². The smallest absolute Gasteiger partial charge is 0.306 e. The zero-order chi connectivity index (χ0) is 58.5. The number of esters is 3. The Labute approximate surface area is 499 Å². The second-order valence-electron chi connectivity index (χ2n) is 21.3. The first-order valence-electron chi connectivity index (χ1n) is 33.0. The van der Waals surface area contributed by atoms with Crippen molar-refractivity contribution < 1.29 is 28.6 Å². The van der Waals surface area contributed by atoms with Gasteiger partial charge in [0.25, 0.3) is 0 Å². The maximum Gasteiger partial charge on any atom is 0.306 e. The minimum atomic E-state index is -0.820. The van der Waals surface area contributed by atoms with Gasteiger partial charge in [-0.25, -0.2) is 0 Å². The lowest BCUT2D eigenvalue weighted by atomic mass is 10.1. The van der Waals surface area contributed by atoms with E-state index in [1.165, 1.54) is 89.9 Å². The second kappa shape index (κ2) is 67.5. The average Bonchev–Trinajstić information content (AvgIpc) is 3.47. The molecule has 0 aliphatic heterocycles. The Bertz CT molecular complexity index is 1810. The summed E-state index contributed by atoms with van der Waals surface area (Å²) in [5, 5.41) is 0. The van der Waals surface area contributed by atoms with Crippen LogP contribution in [0.2, 0.25) is 0 Å². The van der Waals surface area contributed by atoms with Crippen LogP contribution in [0.15, 0.2) is 158 Å². The van der Waals surface area contributed by atoms with Crippen molar-refractivity contribution in [2.75, 3.05) is 13.2 Å². The highest BCUT2D eigenvalue weighted by Gasteiger charge is 2.19. The van der Waals surface area contributed by atoms with E-state index in [-0.39, 0.29) is 37.5 Å². The summed E-state index contributed by atoms with van der Waals surface area (Å²) in [6.07, 6.45) is 98.2.